The van der Waals surface area contributed by atoms with E-state index in [-0.39, 0.29) is 17.2 Å². The van der Waals surface area contributed by atoms with Crippen LogP contribution in [0.15, 0.2) is 41.8 Å². The number of halogens is 2. The van der Waals surface area contributed by atoms with Crippen LogP contribution in [0.2, 0.25) is 0 Å². The summed E-state index contributed by atoms with van der Waals surface area (Å²) in [4.78, 5) is 17.0. The van der Waals surface area contributed by atoms with Gasteiger partial charge in [-0.25, -0.2) is 13.8 Å². The Hall–Kier alpha value is -2.60. The number of nitrogens with one attached hydrogen (secondary N) is 1. The molecule has 1 heterocycles. The quantitative estimate of drug-likeness (QED) is 0.570. The molecule has 28 heavy (non-hydrogen) atoms. The van der Waals surface area contributed by atoms with E-state index < -0.39 is 17.7 Å². The Morgan fingerprint density at radius 1 is 1.07 bits per heavy atom. The Morgan fingerprint density at radius 2 is 1.75 bits per heavy atom. The third-order valence-electron chi connectivity index (χ3n) is 4.69. The summed E-state index contributed by atoms with van der Waals surface area (Å²) in [6.45, 7) is 7.31. The third kappa shape index (κ3) is 4.28. The fourth-order valence-electron chi connectivity index (χ4n) is 2.81. The predicted octanol–water partition coefficient (Wildman–Crippen LogP) is 6.01. The minimum atomic E-state index is -0.628. The van der Waals surface area contributed by atoms with E-state index in [1.807, 2.05) is 12.1 Å². The Labute approximate surface area is 167 Å². The molecular weight excluding hydrogens is 378 g/mol. The van der Waals surface area contributed by atoms with Crippen LogP contribution in [0.5, 0.6) is 0 Å². The molecule has 1 aromatic heterocycles. The van der Waals surface area contributed by atoms with E-state index in [1.165, 1.54) is 36.0 Å². The fourth-order valence-corrected chi connectivity index (χ4v) is 3.61. The molecule has 6 heteroatoms. The van der Waals surface area contributed by atoms with Gasteiger partial charge in [0.25, 0.3) is 5.91 Å². The zero-order chi connectivity index (χ0) is 20.4. The van der Waals surface area contributed by atoms with E-state index >= 15 is 0 Å². The summed E-state index contributed by atoms with van der Waals surface area (Å²) in [6, 6.07) is 10.0. The molecule has 2 aromatic carbocycles. The molecule has 1 amide bonds. The van der Waals surface area contributed by atoms with Crippen LogP contribution >= 0.6 is 11.3 Å². The highest BCUT2D eigenvalue weighted by Crippen LogP contribution is 2.27. The van der Waals surface area contributed by atoms with Crippen LogP contribution in [0.3, 0.4) is 0 Å². The van der Waals surface area contributed by atoms with Crippen molar-refractivity contribution in [1.29, 1.82) is 0 Å². The minimum absolute atomic E-state index is 0.0324. The number of carbonyl (C=O) groups is 1. The highest BCUT2D eigenvalue weighted by atomic mass is 32.1. The Kier molecular flexibility index (Phi) is 5.89. The second-order valence-corrected chi connectivity index (χ2v) is 7.98. The fraction of sp³-hybridized carbons (Fsp3) is 0.273. The van der Waals surface area contributed by atoms with E-state index in [0.717, 1.165) is 10.6 Å². The molecule has 146 valence electrons. The SMILES string of the molecule is Cc1c(F)cc([C@@H](C)NC(=O)c2csc(-c3cccc(C(C)C)c3)n2)cc1F. The molecule has 0 saturated carbocycles. The number of carbonyl (C=O) groups excluding carboxylic acids is 1. The lowest BCUT2D eigenvalue weighted by Gasteiger charge is -2.14. The maximum atomic E-state index is 13.8. The van der Waals surface area contributed by atoms with E-state index in [4.69, 9.17) is 0 Å². The van der Waals surface area contributed by atoms with Crippen molar-refractivity contribution < 1.29 is 13.6 Å². The van der Waals surface area contributed by atoms with Crippen molar-refractivity contribution in [2.24, 2.45) is 0 Å². The molecule has 0 unspecified atom stereocenters. The zero-order valence-corrected chi connectivity index (χ0v) is 17.0. The lowest BCUT2D eigenvalue weighted by Crippen LogP contribution is -2.27. The first kappa shape index (κ1) is 20.1. The lowest BCUT2D eigenvalue weighted by molar-refractivity contribution is 0.0935. The third-order valence-corrected chi connectivity index (χ3v) is 5.58. The van der Waals surface area contributed by atoms with Gasteiger partial charge < -0.3 is 5.32 Å². The summed E-state index contributed by atoms with van der Waals surface area (Å²) in [5.41, 5.74) is 2.79. The molecule has 1 atom stereocenters. The van der Waals surface area contributed by atoms with Crippen LogP contribution in [0.1, 0.15) is 59.9 Å². The van der Waals surface area contributed by atoms with Crippen LogP contribution in [-0.2, 0) is 0 Å². The normalized spacial score (nSPS) is 12.2. The van der Waals surface area contributed by atoms with Crippen LogP contribution in [0, 0.1) is 18.6 Å². The first-order valence-corrected chi connectivity index (χ1v) is 9.96. The molecule has 0 radical (unpaired) electrons. The van der Waals surface area contributed by atoms with Gasteiger partial charge in [-0.2, -0.15) is 0 Å². The zero-order valence-electron chi connectivity index (χ0n) is 16.2. The van der Waals surface area contributed by atoms with Gasteiger partial charge in [0.15, 0.2) is 0 Å². The minimum Gasteiger partial charge on any atom is -0.344 e. The van der Waals surface area contributed by atoms with Crippen molar-refractivity contribution in [3.05, 3.63) is 75.8 Å². The number of aromatic nitrogens is 1. The Bertz CT molecular complexity index is 990. The van der Waals surface area contributed by atoms with E-state index in [2.05, 4.69) is 36.3 Å². The molecule has 0 bridgehead atoms. The maximum Gasteiger partial charge on any atom is 0.271 e. The number of rotatable bonds is 5. The average Bonchev–Trinajstić information content (AvgIpc) is 3.16. The number of amides is 1. The van der Waals surface area contributed by atoms with Crippen LogP contribution in [0.25, 0.3) is 10.6 Å². The smallest absolute Gasteiger partial charge is 0.271 e. The molecule has 1 N–H and O–H groups in total. The molecule has 3 nitrogen and oxygen atoms in total. The summed E-state index contributed by atoms with van der Waals surface area (Å²) < 4.78 is 27.6. The summed E-state index contributed by atoms with van der Waals surface area (Å²) in [5.74, 6) is -1.23. The van der Waals surface area contributed by atoms with Gasteiger partial charge in [-0.1, -0.05) is 32.0 Å². The predicted molar refractivity (Wildman–Crippen MR) is 109 cm³/mol. The monoisotopic (exact) mass is 400 g/mol. The van der Waals surface area contributed by atoms with Crippen LogP contribution in [0.4, 0.5) is 8.78 Å². The van der Waals surface area contributed by atoms with Gasteiger partial charge in [0.2, 0.25) is 0 Å². The molecule has 0 spiro atoms. The molecule has 0 saturated heterocycles. The number of nitrogens with zero attached hydrogens (tertiary/aromatic N) is 1. The largest absolute Gasteiger partial charge is 0.344 e. The van der Waals surface area contributed by atoms with Crippen LogP contribution < -0.4 is 5.32 Å². The van der Waals surface area contributed by atoms with Crippen molar-refractivity contribution >= 4 is 17.2 Å². The van der Waals surface area contributed by atoms with Crippen molar-refractivity contribution in [3.8, 4) is 10.6 Å². The van der Waals surface area contributed by atoms with Gasteiger partial charge in [-0.05, 0) is 49.1 Å². The number of hydrogen-bond acceptors (Lipinski definition) is 3. The second kappa shape index (κ2) is 8.19. The summed E-state index contributed by atoms with van der Waals surface area (Å²) in [6.07, 6.45) is 0. The molecule has 3 rings (SSSR count). The topological polar surface area (TPSA) is 42.0 Å². The first-order valence-electron chi connectivity index (χ1n) is 9.08. The lowest BCUT2D eigenvalue weighted by atomic mass is 10.0. The summed E-state index contributed by atoms with van der Waals surface area (Å²) in [5, 5.41) is 5.20. The summed E-state index contributed by atoms with van der Waals surface area (Å²) >= 11 is 1.39. The van der Waals surface area contributed by atoms with Gasteiger partial charge in [-0.3, -0.25) is 4.79 Å². The highest BCUT2D eigenvalue weighted by molar-refractivity contribution is 7.13. The summed E-state index contributed by atoms with van der Waals surface area (Å²) in [7, 11) is 0. The maximum absolute atomic E-state index is 13.8. The van der Waals surface area contributed by atoms with Gasteiger partial charge in [0, 0.05) is 16.5 Å². The number of benzene rings is 2. The van der Waals surface area contributed by atoms with Gasteiger partial charge in [-0.15, -0.1) is 11.3 Å². The number of thiazole rings is 1. The standard InChI is InChI=1S/C22H22F2N2OS/c1-12(2)15-6-5-7-16(8-15)22-26-20(11-28-22)21(27)25-14(4)17-9-18(23)13(3)19(24)10-17/h5-12,14H,1-4H3,(H,25,27)/t14-/m1/s1. The molecule has 0 aliphatic heterocycles. The van der Waals surface area contributed by atoms with E-state index in [0.29, 0.717) is 11.5 Å². The molecule has 0 aliphatic carbocycles. The first-order chi connectivity index (χ1) is 13.3. The van der Waals surface area contributed by atoms with Gasteiger partial charge in [0.05, 0.1) is 6.04 Å². The Balaban J connectivity index is 1.76. The average molecular weight is 400 g/mol. The molecular formula is C22H22F2N2OS. The number of hydrogen-bond donors (Lipinski definition) is 1. The van der Waals surface area contributed by atoms with E-state index in [9.17, 15) is 13.6 Å². The highest BCUT2D eigenvalue weighted by Gasteiger charge is 2.17. The van der Waals surface area contributed by atoms with E-state index in [1.54, 1.807) is 12.3 Å². The molecule has 3 aromatic rings. The molecule has 0 aliphatic rings. The molecule has 0 fully saturated rings. The van der Waals surface area contributed by atoms with Crippen molar-refractivity contribution in [2.75, 3.05) is 0 Å². The Morgan fingerprint density at radius 3 is 2.39 bits per heavy atom. The van der Waals surface area contributed by atoms with Crippen molar-refractivity contribution in [3.63, 3.8) is 0 Å². The van der Waals surface area contributed by atoms with Crippen molar-refractivity contribution in [2.45, 2.75) is 39.7 Å². The van der Waals surface area contributed by atoms with Crippen molar-refractivity contribution in [1.82, 2.24) is 10.3 Å². The second-order valence-electron chi connectivity index (χ2n) is 7.12. The van der Waals surface area contributed by atoms with Gasteiger partial charge in [0.1, 0.15) is 22.3 Å². The van der Waals surface area contributed by atoms with Gasteiger partial charge >= 0.3 is 0 Å². The van der Waals surface area contributed by atoms with Crippen LogP contribution in [-0.4, -0.2) is 10.9 Å².